The molecule has 0 aliphatic heterocycles. The fourth-order valence-electron chi connectivity index (χ4n) is 2.33. The molecule has 0 aliphatic rings. The highest BCUT2D eigenvalue weighted by molar-refractivity contribution is 6.32. The van der Waals surface area contributed by atoms with Gasteiger partial charge in [-0.2, -0.15) is 5.10 Å². The van der Waals surface area contributed by atoms with E-state index in [1.54, 1.807) is 25.5 Å². The number of carbonyl (C=O) groups excluding carboxylic acids is 1. The largest absolute Gasteiger partial charge is 0.496 e. The Labute approximate surface area is 152 Å². The van der Waals surface area contributed by atoms with Gasteiger partial charge in [0.05, 0.1) is 13.3 Å². The number of halogens is 1. The maximum atomic E-state index is 11.8. The van der Waals surface area contributed by atoms with Gasteiger partial charge >= 0.3 is 0 Å². The van der Waals surface area contributed by atoms with Gasteiger partial charge in [0, 0.05) is 5.02 Å². The molecule has 0 aliphatic carbocycles. The smallest absolute Gasteiger partial charge is 0.277 e. The van der Waals surface area contributed by atoms with E-state index < -0.39 is 0 Å². The molecule has 0 radical (unpaired) electrons. The van der Waals surface area contributed by atoms with Gasteiger partial charge in [0.15, 0.2) is 6.61 Å². The summed E-state index contributed by atoms with van der Waals surface area (Å²) in [7, 11) is 1.62. The number of hydrogen-bond acceptors (Lipinski definition) is 4. The molecule has 1 N–H and O–H groups in total. The number of methoxy groups -OCH3 is 1. The van der Waals surface area contributed by atoms with E-state index >= 15 is 0 Å². The van der Waals surface area contributed by atoms with Gasteiger partial charge in [-0.15, -0.1) is 0 Å². The SMILES string of the molecule is COc1ccc(C=NNC(=O)COc2cc(C)c(Cl)c(C)c2)cc1C. The molecule has 0 bridgehead atoms. The Morgan fingerprint density at radius 1 is 1.16 bits per heavy atom. The Hall–Kier alpha value is -2.53. The monoisotopic (exact) mass is 360 g/mol. The highest BCUT2D eigenvalue weighted by atomic mass is 35.5. The van der Waals surface area contributed by atoms with Crippen molar-refractivity contribution in [2.24, 2.45) is 5.10 Å². The van der Waals surface area contributed by atoms with Crippen molar-refractivity contribution in [3.05, 3.63) is 57.6 Å². The van der Waals surface area contributed by atoms with Crippen LogP contribution in [0.2, 0.25) is 5.02 Å². The molecule has 0 fully saturated rings. The van der Waals surface area contributed by atoms with Gasteiger partial charge in [-0.25, -0.2) is 5.43 Å². The number of aryl methyl sites for hydroxylation is 3. The highest BCUT2D eigenvalue weighted by Gasteiger charge is 2.06. The molecule has 0 heterocycles. The normalized spacial score (nSPS) is 10.8. The molecule has 0 spiro atoms. The third-order valence-corrected chi connectivity index (χ3v) is 4.20. The standard InChI is InChI=1S/C19H21ClN2O3/c1-12-7-15(5-6-17(12)24-4)10-21-22-18(23)11-25-16-8-13(2)19(20)14(3)9-16/h5-10H,11H2,1-4H3,(H,22,23). The molecular formula is C19H21ClN2O3. The quantitative estimate of drug-likeness (QED) is 0.629. The van der Waals surface area contributed by atoms with E-state index in [0.717, 1.165) is 28.0 Å². The van der Waals surface area contributed by atoms with Crippen LogP contribution in [0.3, 0.4) is 0 Å². The minimum absolute atomic E-state index is 0.126. The lowest BCUT2D eigenvalue weighted by Gasteiger charge is -2.09. The first-order valence-corrected chi connectivity index (χ1v) is 8.14. The number of nitrogens with zero attached hydrogens (tertiary/aromatic N) is 1. The third-order valence-electron chi connectivity index (χ3n) is 3.60. The molecular weight excluding hydrogens is 340 g/mol. The molecule has 2 aromatic rings. The topological polar surface area (TPSA) is 59.9 Å². The molecule has 0 aromatic heterocycles. The molecule has 132 valence electrons. The summed E-state index contributed by atoms with van der Waals surface area (Å²) in [5.74, 6) is 1.07. The first-order chi connectivity index (χ1) is 11.9. The van der Waals surface area contributed by atoms with Crippen molar-refractivity contribution < 1.29 is 14.3 Å². The van der Waals surface area contributed by atoms with E-state index in [-0.39, 0.29) is 12.5 Å². The number of rotatable bonds is 6. The van der Waals surface area contributed by atoms with Crippen molar-refractivity contribution in [2.45, 2.75) is 20.8 Å². The molecule has 5 nitrogen and oxygen atoms in total. The fourth-order valence-corrected chi connectivity index (χ4v) is 2.44. The second-order valence-electron chi connectivity index (χ2n) is 5.68. The van der Waals surface area contributed by atoms with E-state index in [1.165, 1.54) is 0 Å². The van der Waals surface area contributed by atoms with Gasteiger partial charge in [0.1, 0.15) is 11.5 Å². The summed E-state index contributed by atoms with van der Waals surface area (Å²) in [5, 5.41) is 4.64. The Balaban J connectivity index is 1.87. The Kier molecular flexibility index (Phi) is 6.42. The third kappa shape index (κ3) is 5.22. The first-order valence-electron chi connectivity index (χ1n) is 7.77. The molecule has 6 heteroatoms. The van der Waals surface area contributed by atoms with Crippen molar-refractivity contribution in [2.75, 3.05) is 13.7 Å². The molecule has 0 saturated carbocycles. The second kappa shape index (κ2) is 8.53. The minimum atomic E-state index is -0.341. The number of hydrogen-bond donors (Lipinski definition) is 1. The van der Waals surface area contributed by atoms with Crippen molar-refractivity contribution >= 4 is 23.7 Å². The van der Waals surface area contributed by atoms with E-state index in [1.807, 2.05) is 39.0 Å². The first kappa shape index (κ1) is 18.8. The van der Waals surface area contributed by atoms with Gasteiger partial charge in [0.2, 0.25) is 0 Å². The number of benzene rings is 2. The fraction of sp³-hybridized carbons (Fsp3) is 0.263. The van der Waals surface area contributed by atoms with Crippen molar-refractivity contribution in [1.82, 2.24) is 5.43 Å². The molecule has 2 rings (SSSR count). The predicted octanol–water partition coefficient (Wildman–Crippen LogP) is 3.80. The average molecular weight is 361 g/mol. The van der Waals surface area contributed by atoms with Gasteiger partial charge in [-0.1, -0.05) is 11.6 Å². The molecule has 0 unspecified atom stereocenters. The number of nitrogens with one attached hydrogen (secondary N) is 1. The van der Waals surface area contributed by atoms with E-state index in [2.05, 4.69) is 10.5 Å². The Morgan fingerprint density at radius 3 is 2.44 bits per heavy atom. The molecule has 2 aromatic carbocycles. The molecule has 0 saturated heterocycles. The van der Waals surface area contributed by atoms with Crippen LogP contribution in [0, 0.1) is 20.8 Å². The number of hydrazone groups is 1. The summed E-state index contributed by atoms with van der Waals surface area (Å²) in [6.07, 6.45) is 1.57. The van der Waals surface area contributed by atoms with Gasteiger partial charge in [-0.05, 0) is 73.4 Å². The number of ether oxygens (including phenoxy) is 2. The van der Waals surface area contributed by atoms with Gasteiger partial charge < -0.3 is 9.47 Å². The van der Waals surface area contributed by atoms with Crippen LogP contribution in [-0.4, -0.2) is 25.8 Å². The predicted molar refractivity (Wildman–Crippen MR) is 99.9 cm³/mol. The van der Waals surface area contributed by atoms with Crippen LogP contribution in [0.5, 0.6) is 11.5 Å². The van der Waals surface area contributed by atoms with Crippen LogP contribution in [0.1, 0.15) is 22.3 Å². The zero-order valence-electron chi connectivity index (χ0n) is 14.7. The lowest BCUT2D eigenvalue weighted by Crippen LogP contribution is -2.24. The van der Waals surface area contributed by atoms with Crippen molar-refractivity contribution in [1.29, 1.82) is 0 Å². The van der Waals surface area contributed by atoms with Crippen molar-refractivity contribution in [3.63, 3.8) is 0 Å². The van der Waals surface area contributed by atoms with Crippen LogP contribution in [-0.2, 0) is 4.79 Å². The zero-order valence-corrected chi connectivity index (χ0v) is 15.5. The summed E-state index contributed by atoms with van der Waals surface area (Å²) in [6, 6.07) is 9.23. The van der Waals surface area contributed by atoms with Crippen LogP contribution in [0.4, 0.5) is 0 Å². The number of amides is 1. The Morgan fingerprint density at radius 2 is 1.84 bits per heavy atom. The molecule has 25 heavy (non-hydrogen) atoms. The van der Waals surface area contributed by atoms with E-state index in [0.29, 0.717) is 10.8 Å². The maximum Gasteiger partial charge on any atom is 0.277 e. The van der Waals surface area contributed by atoms with Gasteiger partial charge in [-0.3, -0.25) is 4.79 Å². The van der Waals surface area contributed by atoms with Crippen LogP contribution >= 0.6 is 11.6 Å². The number of carbonyl (C=O) groups is 1. The van der Waals surface area contributed by atoms with Crippen LogP contribution < -0.4 is 14.9 Å². The summed E-state index contributed by atoms with van der Waals surface area (Å²) < 4.78 is 10.7. The lowest BCUT2D eigenvalue weighted by atomic mass is 10.1. The van der Waals surface area contributed by atoms with Crippen LogP contribution in [0.15, 0.2) is 35.4 Å². The lowest BCUT2D eigenvalue weighted by molar-refractivity contribution is -0.123. The highest BCUT2D eigenvalue weighted by Crippen LogP contribution is 2.25. The van der Waals surface area contributed by atoms with Gasteiger partial charge in [0.25, 0.3) is 5.91 Å². The Bertz CT molecular complexity index is 780. The van der Waals surface area contributed by atoms with Crippen LogP contribution in [0.25, 0.3) is 0 Å². The maximum absolute atomic E-state index is 11.8. The summed E-state index contributed by atoms with van der Waals surface area (Å²) in [4.78, 5) is 11.8. The summed E-state index contributed by atoms with van der Waals surface area (Å²) >= 11 is 6.11. The second-order valence-corrected chi connectivity index (χ2v) is 6.06. The minimum Gasteiger partial charge on any atom is -0.496 e. The molecule has 0 atom stereocenters. The summed E-state index contributed by atoms with van der Waals surface area (Å²) in [5.41, 5.74) is 6.11. The average Bonchev–Trinajstić information content (AvgIpc) is 2.58. The van der Waals surface area contributed by atoms with E-state index in [9.17, 15) is 4.79 Å². The van der Waals surface area contributed by atoms with E-state index in [4.69, 9.17) is 21.1 Å². The zero-order chi connectivity index (χ0) is 18.4. The summed E-state index contributed by atoms with van der Waals surface area (Å²) in [6.45, 7) is 5.60. The molecule has 1 amide bonds. The van der Waals surface area contributed by atoms with Crippen molar-refractivity contribution in [3.8, 4) is 11.5 Å².